The van der Waals surface area contributed by atoms with Crippen LogP contribution >= 0.6 is 0 Å². The van der Waals surface area contributed by atoms with Gasteiger partial charge < -0.3 is 15.5 Å². The number of carbonyl (C=O) groups excluding carboxylic acids is 1. The fraction of sp³-hybridized carbons (Fsp3) is 0.450. The van der Waals surface area contributed by atoms with Crippen molar-refractivity contribution in [1.29, 1.82) is 0 Å². The van der Waals surface area contributed by atoms with Crippen LogP contribution < -0.4 is 10.6 Å². The van der Waals surface area contributed by atoms with Crippen LogP contribution in [0.3, 0.4) is 0 Å². The lowest BCUT2D eigenvalue weighted by Gasteiger charge is -2.20. The Labute approximate surface area is 154 Å². The van der Waals surface area contributed by atoms with Crippen molar-refractivity contribution >= 4 is 11.7 Å². The summed E-state index contributed by atoms with van der Waals surface area (Å²) in [5.41, 5.74) is 4.23. The van der Waals surface area contributed by atoms with E-state index in [1.165, 1.54) is 5.56 Å². The van der Waals surface area contributed by atoms with Gasteiger partial charge in [0.15, 0.2) is 0 Å². The number of aromatic nitrogens is 2. The summed E-state index contributed by atoms with van der Waals surface area (Å²) in [6.45, 7) is 6.15. The van der Waals surface area contributed by atoms with E-state index < -0.39 is 0 Å². The highest BCUT2D eigenvalue weighted by Crippen LogP contribution is 2.21. The quantitative estimate of drug-likeness (QED) is 0.884. The Hall–Kier alpha value is -2.47. The summed E-state index contributed by atoms with van der Waals surface area (Å²) < 4.78 is 0. The molecule has 0 bridgehead atoms. The van der Waals surface area contributed by atoms with Crippen molar-refractivity contribution in [1.82, 2.24) is 20.2 Å². The van der Waals surface area contributed by atoms with Gasteiger partial charge >= 0.3 is 0 Å². The average molecular weight is 351 g/mol. The van der Waals surface area contributed by atoms with Crippen LogP contribution in [0.5, 0.6) is 0 Å². The van der Waals surface area contributed by atoms with Gasteiger partial charge in [0, 0.05) is 37.3 Å². The van der Waals surface area contributed by atoms with Gasteiger partial charge in [0.1, 0.15) is 11.6 Å². The Morgan fingerprint density at radius 1 is 1.19 bits per heavy atom. The van der Waals surface area contributed by atoms with E-state index in [0.717, 1.165) is 73.9 Å². The first kappa shape index (κ1) is 17.0. The van der Waals surface area contributed by atoms with Crippen LogP contribution in [0, 0.1) is 6.92 Å². The second-order valence-corrected chi connectivity index (χ2v) is 7.02. The van der Waals surface area contributed by atoms with Crippen LogP contribution in [-0.4, -0.2) is 40.4 Å². The maximum Gasteiger partial charge on any atom is 0.253 e. The Balaban J connectivity index is 1.44. The molecule has 2 N–H and O–H groups in total. The third kappa shape index (κ3) is 3.55. The smallest absolute Gasteiger partial charge is 0.253 e. The van der Waals surface area contributed by atoms with Crippen molar-refractivity contribution in [3.05, 3.63) is 52.5 Å². The minimum Gasteiger partial charge on any atom is -0.366 e. The number of hydrogen-bond acceptors (Lipinski definition) is 5. The largest absolute Gasteiger partial charge is 0.366 e. The van der Waals surface area contributed by atoms with Gasteiger partial charge in [-0.05, 0) is 50.4 Å². The second kappa shape index (κ2) is 7.41. The van der Waals surface area contributed by atoms with E-state index in [2.05, 4.69) is 20.6 Å². The average Bonchev–Trinajstić information content (AvgIpc) is 3.20. The zero-order valence-electron chi connectivity index (χ0n) is 15.2. The van der Waals surface area contributed by atoms with Gasteiger partial charge in [0.05, 0.1) is 5.69 Å². The predicted molar refractivity (Wildman–Crippen MR) is 101 cm³/mol. The second-order valence-electron chi connectivity index (χ2n) is 7.02. The molecule has 136 valence electrons. The Morgan fingerprint density at radius 2 is 1.96 bits per heavy atom. The summed E-state index contributed by atoms with van der Waals surface area (Å²) in [7, 11) is 0. The normalized spacial score (nSPS) is 16.4. The van der Waals surface area contributed by atoms with Crippen LogP contribution in [0.1, 0.15) is 45.8 Å². The van der Waals surface area contributed by atoms with Crippen molar-refractivity contribution in [2.75, 3.05) is 25.0 Å². The fourth-order valence-corrected chi connectivity index (χ4v) is 3.68. The number of anilines is 1. The molecule has 0 aliphatic carbocycles. The third-order valence-corrected chi connectivity index (χ3v) is 5.10. The van der Waals surface area contributed by atoms with Gasteiger partial charge in [-0.2, -0.15) is 0 Å². The lowest BCUT2D eigenvalue weighted by Crippen LogP contribution is -2.27. The lowest BCUT2D eigenvalue weighted by molar-refractivity contribution is 0.0793. The summed E-state index contributed by atoms with van der Waals surface area (Å²) in [5, 5.41) is 6.81. The number of nitrogens with zero attached hydrogens (tertiary/aromatic N) is 3. The summed E-state index contributed by atoms with van der Waals surface area (Å²) in [5.74, 6) is 1.88. The van der Waals surface area contributed by atoms with Crippen molar-refractivity contribution in [3.63, 3.8) is 0 Å². The minimum atomic E-state index is 0.148. The Bertz CT molecular complexity index is 797. The van der Waals surface area contributed by atoms with E-state index in [-0.39, 0.29) is 5.91 Å². The highest BCUT2D eigenvalue weighted by atomic mass is 16.2. The van der Waals surface area contributed by atoms with Crippen LogP contribution in [0.25, 0.3) is 0 Å². The first-order valence-corrected chi connectivity index (χ1v) is 9.40. The molecule has 1 saturated heterocycles. The van der Waals surface area contributed by atoms with Gasteiger partial charge in [0.2, 0.25) is 0 Å². The molecule has 4 rings (SSSR count). The number of nitrogens with one attached hydrogen (secondary N) is 2. The minimum absolute atomic E-state index is 0.148. The molecule has 3 heterocycles. The molecular formula is C20H25N5O. The molecule has 0 radical (unpaired) electrons. The maximum atomic E-state index is 12.4. The molecule has 2 aliphatic rings. The molecule has 2 aromatic rings. The molecule has 6 nitrogen and oxygen atoms in total. The van der Waals surface area contributed by atoms with Crippen molar-refractivity contribution in [3.8, 4) is 0 Å². The molecule has 0 atom stereocenters. The maximum absolute atomic E-state index is 12.4. The highest BCUT2D eigenvalue weighted by molar-refractivity contribution is 5.94. The van der Waals surface area contributed by atoms with Crippen LogP contribution in [0.4, 0.5) is 5.82 Å². The Morgan fingerprint density at radius 3 is 2.73 bits per heavy atom. The predicted octanol–water partition coefficient (Wildman–Crippen LogP) is 2.28. The van der Waals surface area contributed by atoms with E-state index in [1.807, 2.05) is 36.1 Å². The number of amides is 1. The topological polar surface area (TPSA) is 70.2 Å². The molecular weight excluding hydrogens is 326 g/mol. The van der Waals surface area contributed by atoms with E-state index in [9.17, 15) is 4.79 Å². The van der Waals surface area contributed by atoms with Gasteiger partial charge in [0.25, 0.3) is 5.91 Å². The third-order valence-electron chi connectivity index (χ3n) is 5.10. The molecule has 1 fully saturated rings. The first-order chi connectivity index (χ1) is 12.7. The summed E-state index contributed by atoms with van der Waals surface area (Å²) in [4.78, 5) is 23.5. The van der Waals surface area contributed by atoms with Gasteiger partial charge in [-0.3, -0.25) is 4.79 Å². The monoisotopic (exact) mass is 351 g/mol. The molecule has 2 aliphatic heterocycles. The molecule has 1 amide bonds. The number of fused-ring (bicyclic) bond motifs is 1. The summed E-state index contributed by atoms with van der Waals surface area (Å²) in [6, 6.07) is 7.92. The van der Waals surface area contributed by atoms with E-state index in [0.29, 0.717) is 6.54 Å². The van der Waals surface area contributed by atoms with Crippen molar-refractivity contribution in [2.24, 2.45) is 0 Å². The van der Waals surface area contributed by atoms with E-state index in [1.54, 1.807) is 0 Å². The zero-order valence-corrected chi connectivity index (χ0v) is 15.2. The van der Waals surface area contributed by atoms with E-state index >= 15 is 0 Å². The summed E-state index contributed by atoms with van der Waals surface area (Å²) in [6.07, 6.45) is 3.18. The van der Waals surface area contributed by atoms with Gasteiger partial charge in [-0.15, -0.1) is 0 Å². The number of carbonyl (C=O) groups is 1. The molecule has 0 spiro atoms. The summed E-state index contributed by atoms with van der Waals surface area (Å²) >= 11 is 0. The highest BCUT2D eigenvalue weighted by Gasteiger charge is 2.19. The fourth-order valence-electron chi connectivity index (χ4n) is 3.68. The first-order valence-electron chi connectivity index (χ1n) is 9.40. The van der Waals surface area contributed by atoms with E-state index in [4.69, 9.17) is 0 Å². The van der Waals surface area contributed by atoms with Gasteiger partial charge in [-0.1, -0.05) is 12.1 Å². The number of rotatable bonds is 4. The van der Waals surface area contributed by atoms with Crippen LogP contribution in [0.2, 0.25) is 0 Å². The Kier molecular flexibility index (Phi) is 4.84. The molecule has 1 aromatic heterocycles. The number of benzene rings is 1. The number of hydrogen-bond donors (Lipinski definition) is 2. The molecule has 0 unspecified atom stereocenters. The molecule has 26 heavy (non-hydrogen) atoms. The standard InChI is InChI=1S/C20H25N5O/c1-14-23-18-13-21-9-8-17(18)19(24-14)22-12-15-4-6-16(7-5-15)20(26)25-10-2-3-11-25/h4-7,21H,2-3,8-13H2,1H3,(H,22,23,24). The van der Waals surface area contributed by atoms with Crippen LogP contribution in [0.15, 0.2) is 24.3 Å². The molecule has 6 heteroatoms. The molecule has 1 aromatic carbocycles. The lowest BCUT2D eigenvalue weighted by atomic mass is 10.1. The number of likely N-dealkylation sites (tertiary alicyclic amines) is 1. The molecule has 0 saturated carbocycles. The van der Waals surface area contributed by atoms with Crippen molar-refractivity contribution < 1.29 is 4.79 Å². The van der Waals surface area contributed by atoms with Gasteiger partial charge in [-0.25, -0.2) is 9.97 Å². The van der Waals surface area contributed by atoms with Crippen molar-refractivity contribution in [2.45, 2.75) is 39.3 Å². The SMILES string of the molecule is Cc1nc2c(c(NCc3ccc(C(=O)N4CCCC4)cc3)n1)CCNC2. The number of aryl methyl sites for hydroxylation is 1. The zero-order chi connectivity index (χ0) is 17.9. The van der Waals surface area contributed by atoms with Crippen LogP contribution in [-0.2, 0) is 19.5 Å².